The van der Waals surface area contributed by atoms with Crippen molar-refractivity contribution in [3.63, 3.8) is 0 Å². The second-order valence-corrected chi connectivity index (χ2v) is 4.21. The first-order chi connectivity index (χ1) is 7.70. The number of nitrogens with zero attached hydrogens (tertiary/aromatic N) is 3. The van der Waals surface area contributed by atoms with Gasteiger partial charge in [0.1, 0.15) is 11.0 Å². The fourth-order valence-corrected chi connectivity index (χ4v) is 1.81. The van der Waals surface area contributed by atoms with E-state index in [2.05, 4.69) is 14.9 Å². The van der Waals surface area contributed by atoms with E-state index in [4.69, 9.17) is 22.1 Å². The van der Waals surface area contributed by atoms with Crippen LogP contribution < -0.4 is 10.6 Å². The molecule has 1 aromatic heterocycles. The Hall–Kier alpha value is -1.07. The van der Waals surface area contributed by atoms with Gasteiger partial charge in [-0.05, 0) is 12.8 Å². The first kappa shape index (κ1) is 11.4. The standard InChI is InChI=1S/C10H15ClN4O/c1-16-5-4-15(7-2-3-7)9-6-8(11)13-10(12)14-9/h6-7H,2-5H2,1H3,(H2,12,13,14). The summed E-state index contributed by atoms with van der Waals surface area (Å²) in [4.78, 5) is 10.2. The molecule has 2 N–H and O–H groups in total. The van der Waals surface area contributed by atoms with Gasteiger partial charge in [0.15, 0.2) is 0 Å². The summed E-state index contributed by atoms with van der Waals surface area (Å²) in [6.07, 6.45) is 2.37. The van der Waals surface area contributed by atoms with Crippen LogP contribution in [-0.2, 0) is 4.74 Å². The second kappa shape index (κ2) is 4.84. The maximum absolute atomic E-state index is 5.86. The zero-order chi connectivity index (χ0) is 11.5. The van der Waals surface area contributed by atoms with E-state index in [-0.39, 0.29) is 5.95 Å². The molecule has 0 atom stereocenters. The topological polar surface area (TPSA) is 64.3 Å². The Morgan fingerprint density at radius 2 is 2.31 bits per heavy atom. The lowest BCUT2D eigenvalue weighted by Crippen LogP contribution is -2.30. The van der Waals surface area contributed by atoms with Gasteiger partial charge >= 0.3 is 0 Å². The molecule has 1 saturated carbocycles. The van der Waals surface area contributed by atoms with Crippen molar-refractivity contribution in [1.82, 2.24) is 9.97 Å². The van der Waals surface area contributed by atoms with Gasteiger partial charge in [-0.15, -0.1) is 0 Å². The lowest BCUT2D eigenvalue weighted by molar-refractivity contribution is 0.204. The number of rotatable bonds is 5. The van der Waals surface area contributed by atoms with Crippen LogP contribution in [0.25, 0.3) is 0 Å². The lowest BCUT2D eigenvalue weighted by Gasteiger charge is -2.23. The van der Waals surface area contributed by atoms with Crippen LogP contribution in [0.15, 0.2) is 6.07 Å². The van der Waals surface area contributed by atoms with E-state index in [9.17, 15) is 0 Å². The molecule has 1 fully saturated rings. The number of nitrogens with two attached hydrogens (primary N) is 1. The molecule has 0 aliphatic heterocycles. The van der Waals surface area contributed by atoms with Gasteiger partial charge in [-0.25, -0.2) is 4.98 Å². The molecular weight excluding hydrogens is 228 g/mol. The van der Waals surface area contributed by atoms with Crippen LogP contribution in [0.1, 0.15) is 12.8 Å². The average Bonchev–Trinajstić information content (AvgIpc) is 3.01. The summed E-state index contributed by atoms with van der Waals surface area (Å²) in [7, 11) is 1.69. The van der Waals surface area contributed by atoms with E-state index in [1.54, 1.807) is 13.2 Å². The van der Waals surface area contributed by atoms with Gasteiger partial charge in [-0.3, -0.25) is 0 Å². The smallest absolute Gasteiger partial charge is 0.223 e. The van der Waals surface area contributed by atoms with Crippen molar-refractivity contribution in [3.8, 4) is 0 Å². The summed E-state index contributed by atoms with van der Waals surface area (Å²) < 4.78 is 5.08. The Morgan fingerprint density at radius 1 is 1.56 bits per heavy atom. The normalized spacial score (nSPS) is 15.1. The highest BCUT2D eigenvalue weighted by Crippen LogP contribution is 2.31. The Morgan fingerprint density at radius 3 is 2.88 bits per heavy atom. The summed E-state index contributed by atoms with van der Waals surface area (Å²) in [5, 5.41) is 0.380. The molecule has 0 unspecified atom stereocenters. The number of hydrogen-bond donors (Lipinski definition) is 1. The zero-order valence-corrected chi connectivity index (χ0v) is 9.94. The van der Waals surface area contributed by atoms with Crippen molar-refractivity contribution >= 4 is 23.4 Å². The maximum Gasteiger partial charge on any atom is 0.223 e. The van der Waals surface area contributed by atoms with Gasteiger partial charge in [-0.2, -0.15) is 4.98 Å². The zero-order valence-electron chi connectivity index (χ0n) is 9.19. The number of nitrogen functional groups attached to an aromatic ring is 1. The lowest BCUT2D eigenvalue weighted by atomic mass is 10.4. The molecule has 1 aliphatic rings. The molecule has 0 amide bonds. The second-order valence-electron chi connectivity index (χ2n) is 3.82. The third kappa shape index (κ3) is 2.74. The minimum Gasteiger partial charge on any atom is -0.383 e. The van der Waals surface area contributed by atoms with Crippen molar-refractivity contribution in [2.24, 2.45) is 0 Å². The molecule has 0 saturated heterocycles. The van der Waals surface area contributed by atoms with Crippen LogP contribution in [0.3, 0.4) is 0 Å². The van der Waals surface area contributed by atoms with E-state index >= 15 is 0 Å². The summed E-state index contributed by atoms with van der Waals surface area (Å²) in [6, 6.07) is 2.28. The van der Waals surface area contributed by atoms with E-state index in [1.165, 1.54) is 12.8 Å². The van der Waals surface area contributed by atoms with Gasteiger partial charge in [0.25, 0.3) is 0 Å². The maximum atomic E-state index is 5.86. The molecule has 0 bridgehead atoms. The summed E-state index contributed by atoms with van der Waals surface area (Å²) in [5.74, 6) is 1.00. The van der Waals surface area contributed by atoms with Crippen molar-refractivity contribution in [3.05, 3.63) is 11.2 Å². The van der Waals surface area contributed by atoms with E-state index in [0.29, 0.717) is 17.8 Å². The minimum absolute atomic E-state index is 0.213. The van der Waals surface area contributed by atoms with Gasteiger partial charge in [0, 0.05) is 25.8 Å². The molecule has 1 aliphatic carbocycles. The number of hydrogen-bond acceptors (Lipinski definition) is 5. The highest BCUT2D eigenvalue weighted by Gasteiger charge is 2.30. The number of anilines is 2. The third-order valence-electron chi connectivity index (χ3n) is 2.52. The molecule has 0 aromatic carbocycles. The Labute approximate surface area is 99.6 Å². The van der Waals surface area contributed by atoms with E-state index in [0.717, 1.165) is 12.4 Å². The predicted molar refractivity (Wildman–Crippen MR) is 63.7 cm³/mol. The molecule has 6 heteroatoms. The molecule has 2 rings (SSSR count). The summed E-state index contributed by atoms with van der Waals surface area (Å²) in [5.41, 5.74) is 5.58. The molecule has 0 radical (unpaired) electrons. The third-order valence-corrected chi connectivity index (χ3v) is 2.71. The largest absolute Gasteiger partial charge is 0.383 e. The molecule has 1 aromatic rings. The fourth-order valence-electron chi connectivity index (χ4n) is 1.63. The van der Waals surface area contributed by atoms with Gasteiger partial charge in [-0.1, -0.05) is 11.6 Å². The quantitative estimate of drug-likeness (QED) is 0.790. The predicted octanol–water partition coefficient (Wildman–Crippen LogP) is 1.33. The van der Waals surface area contributed by atoms with Gasteiger partial charge < -0.3 is 15.4 Å². The monoisotopic (exact) mass is 242 g/mol. The van der Waals surface area contributed by atoms with Crippen LogP contribution in [0.2, 0.25) is 5.15 Å². The highest BCUT2D eigenvalue weighted by atomic mass is 35.5. The molecule has 16 heavy (non-hydrogen) atoms. The van der Waals surface area contributed by atoms with Gasteiger partial charge in [0.2, 0.25) is 5.95 Å². The number of ether oxygens (including phenoxy) is 1. The van der Waals surface area contributed by atoms with Crippen LogP contribution in [0, 0.1) is 0 Å². The summed E-state index contributed by atoms with van der Waals surface area (Å²) in [6.45, 7) is 1.46. The highest BCUT2D eigenvalue weighted by molar-refractivity contribution is 6.29. The van der Waals surface area contributed by atoms with Crippen LogP contribution in [0.4, 0.5) is 11.8 Å². The first-order valence-electron chi connectivity index (χ1n) is 5.26. The first-order valence-corrected chi connectivity index (χ1v) is 5.64. The molecule has 0 spiro atoms. The number of halogens is 1. The van der Waals surface area contributed by atoms with Crippen molar-refractivity contribution in [2.45, 2.75) is 18.9 Å². The Bertz CT molecular complexity index is 350. The van der Waals surface area contributed by atoms with Gasteiger partial charge in [0.05, 0.1) is 6.61 Å². The SMILES string of the molecule is COCCN(c1cc(Cl)nc(N)n1)C1CC1. The molecule has 5 nitrogen and oxygen atoms in total. The Kier molecular flexibility index (Phi) is 3.46. The van der Waals surface area contributed by atoms with Crippen LogP contribution in [0.5, 0.6) is 0 Å². The number of aromatic nitrogens is 2. The van der Waals surface area contributed by atoms with Crippen molar-refractivity contribution < 1.29 is 4.74 Å². The minimum atomic E-state index is 0.213. The van der Waals surface area contributed by atoms with Crippen LogP contribution in [-0.4, -0.2) is 36.3 Å². The van der Waals surface area contributed by atoms with Crippen molar-refractivity contribution in [1.29, 1.82) is 0 Å². The van der Waals surface area contributed by atoms with Crippen LogP contribution >= 0.6 is 11.6 Å². The number of methoxy groups -OCH3 is 1. The van der Waals surface area contributed by atoms with E-state index in [1.807, 2.05) is 0 Å². The Balaban J connectivity index is 2.16. The summed E-state index contributed by atoms with van der Waals surface area (Å²) >= 11 is 5.86. The average molecular weight is 243 g/mol. The van der Waals surface area contributed by atoms with Crippen molar-refractivity contribution in [2.75, 3.05) is 30.9 Å². The molecule has 88 valence electrons. The van der Waals surface area contributed by atoms with E-state index < -0.39 is 0 Å². The molecule has 1 heterocycles. The fraction of sp³-hybridized carbons (Fsp3) is 0.600. The molecular formula is C10H15ClN4O.